The van der Waals surface area contributed by atoms with Gasteiger partial charge in [-0.1, -0.05) is 77.9 Å². The maximum absolute atomic E-state index is 6.58. The van der Waals surface area contributed by atoms with Crippen LogP contribution >= 0.6 is 15.9 Å². The van der Waals surface area contributed by atoms with E-state index in [0.29, 0.717) is 6.04 Å². The topological polar surface area (TPSA) is 21.7 Å². The molecule has 32 heavy (non-hydrogen) atoms. The van der Waals surface area contributed by atoms with Gasteiger partial charge in [0.2, 0.25) is 0 Å². The van der Waals surface area contributed by atoms with E-state index in [2.05, 4.69) is 87.6 Å². The summed E-state index contributed by atoms with van der Waals surface area (Å²) in [6.45, 7) is 2.96. The molecule has 1 saturated heterocycles. The van der Waals surface area contributed by atoms with E-state index in [-0.39, 0.29) is 6.10 Å². The third kappa shape index (κ3) is 6.44. The Morgan fingerprint density at radius 1 is 1.00 bits per heavy atom. The molecule has 0 amide bonds. The molecule has 2 atom stereocenters. The van der Waals surface area contributed by atoms with Crippen molar-refractivity contribution in [3.05, 3.63) is 100 Å². The van der Waals surface area contributed by atoms with Crippen LogP contribution in [0.4, 0.5) is 0 Å². The SMILES string of the molecule is COc1ccc(CCN2CCC[C@H]2COC(c2ccccc2)c2ccc(Br)cc2)cc1.[3H]C. The van der Waals surface area contributed by atoms with Gasteiger partial charge in [-0.25, -0.2) is 0 Å². The third-order valence-corrected chi connectivity index (χ3v) is 6.60. The lowest BCUT2D eigenvalue weighted by Crippen LogP contribution is -2.35. The van der Waals surface area contributed by atoms with Crippen LogP contribution in [0.2, 0.25) is 0 Å². The van der Waals surface area contributed by atoms with Crippen molar-refractivity contribution in [2.75, 3.05) is 26.8 Å². The fourth-order valence-corrected chi connectivity index (χ4v) is 4.57. The number of methoxy groups -OCH3 is 1. The van der Waals surface area contributed by atoms with E-state index in [1.165, 1.54) is 36.9 Å². The van der Waals surface area contributed by atoms with Crippen molar-refractivity contribution >= 4 is 15.9 Å². The van der Waals surface area contributed by atoms with E-state index < -0.39 is 0 Å². The van der Waals surface area contributed by atoms with Crippen LogP contribution in [-0.2, 0) is 11.2 Å². The van der Waals surface area contributed by atoms with Crippen molar-refractivity contribution in [3.63, 3.8) is 0 Å². The molecule has 3 nitrogen and oxygen atoms in total. The van der Waals surface area contributed by atoms with Gasteiger partial charge in [0.15, 0.2) is 0 Å². The quantitative estimate of drug-likeness (QED) is 0.320. The number of halogens is 1. The van der Waals surface area contributed by atoms with Gasteiger partial charge in [-0.15, -0.1) is 0 Å². The van der Waals surface area contributed by atoms with Crippen LogP contribution in [0.3, 0.4) is 0 Å². The second kappa shape index (κ2) is 12.2. The van der Waals surface area contributed by atoms with Crippen LogP contribution < -0.4 is 4.74 Å². The first kappa shape index (κ1) is 23.0. The molecule has 1 aliphatic heterocycles. The molecule has 0 saturated carbocycles. The lowest BCUT2D eigenvalue weighted by Gasteiger charge is -2.27. The monoisotopic (exact) mass is 497 g/mol. The molecule has 0 N–H and O–H groups in total. The standard InChI is InChI=1S/C27H30BrNO2.CH4/c1-30-26-15-9-21(10-16-26)17-19-29-18-5-8-25(29)20-31-27(22-6-3-2-4-7-22)23-11-13-24(28)14-12-23;/h2-4,6-7,9-16,25,27H,5,8,17-20H2,1H3;1H4/t25-,27?;/m0./s1/i;1T. The fraction of sp³-hybridized carbons (Fsp3) is 0.357. The molecule has 3 aromatic carbocycles. The van der Waals surface area contributed by atoms with E-state index in [4.69, 9.17) is 10.8 Å². The summed E-state index contributed by atoms with van der Waals surface area (Å²) in [5, 5.41) is 0. The fourth-order valence-electron chi connectivity index (χ4n) is 4.30. The van der Waals surface area contributed by atoms with Crippen molar-refractivity contribution in [3.8, 4) is 5.75 Å². The van der Waals surface area contributed by atoms with E-state index in [1.807, 2.05) is 12.1 Å². The molecule has 4 heteroatoms. The zero-order valence-corrected chi connectivity index (χ0v) is 20.6. The van der Waals surface area contributed by atoms with Crippen molar-refractivity contribution in [2.24, 2.45) is 0 Å². The van der Waals surface area contributed by atoms with Crippen molar-refractivity contribution in [1.29, 1.82) is 0 Å². The van der Waals surface area contributed by atoms with Gasteiger partial charge in [0.1, 0.15) is 11.9 Å². The van der Waals surface area contributed by atoms with Gasteiger partial charge in [0.25, 0.3) is 0 Å². The Labute approximate surface area is 202 Å². The van der Waals surface area contributed by atoms with Crippen LogP contribution in [0.25, 0.3) is 0 Å². The van der Waals surface area contributed by atoms with Crippen molar-refractivity contribution in [1.82, 2.24) is 4.90 Å². The highest BCUT2D eigenvalue weighted by Crippen LogP contribution is 2.29. The summed E-state index contributed by atoms with van der Waals surface area (Å²) in [4.78, 5) is 2.59. The summed E-state index contributed by atoms with van der Waals surface area (Å²) in [6, 6.07) is 27.9. The van der Waals surface area contributed by atoms with Crippen LogP contribution in [-0.4, -0.2) is 37.7 Å². The number of likely N-dealkylation sites (tertiary alicyclic amines) is 1. The first-order chi connectivity index (χ1) is 16.2. The van der Waals surface area contributed by atoms with Crippen LogP contribution in [0.15, 0.2) is 83.3 Å². The average Bonchev–Trinajstić information content (AvgIpc) is 3.33. The zero-order chi connectivity index (χ0) is 23.5. The molecule has 3 aromatic rings. The largest absolute Gasteiger partial charge is 0.497 e. The zero-order valence-electron chi connectivity index (χ0n) is 20.0. The maximum atomic E-state index is 6.58. The molecular formula is C28H34BrNO2. The van der Waals surface area contributed by atoms with Gasteiger partial charge in [-0.3, -0.25) is 4.90 Å². The minimum absolute atomic E-state index is 0.0432. The van der Waals surface area contributed by atoms with Gasteiger partial charge in [0, 0.05) is 18.4 Å². The smallest absolute Gasteiger partial charge is 0.118 e. The molecule has 0 aromatic heterocycles. The predicted octanol–water partition coefficient (Wildman–Crippen LogP) is 6.91. The maximum Gasteiger partial charge on any atom is 0.118 e. The van der Waals surface area contributed by atoms with Crippen molar-refractivity contribution < 1.29 is 10.8 Å². The van der Waals surface area contributed by atoms with Gasteiger partial charge >= 0.3 is 0 Å². The molecule has 1 fully saturated rings. The van der Waals surface area contributed by atoms with Crippen LogP contribution in [0, 0.1) is 0 Å². The highest BCUT2D eigenvalue weighted by molar-refractivity contribution is 9.10. The first-order valence-corrected chi connectivity index (χ1v) is 11.8. The van der Waals surface area contributed by atoms with E-state index in [0.717, 1.165) is 36.3 Å². The number of hydrogen-bond donors (Lipinski definition) is 0. The van der Waals surface area contributed by atoms with Gasteiger partial charge in [0.05, 0.1) is 13.7 Å². The average molecular weight is 498 g/mol. The third-order valence-electron chi connectivity index (χ3n) is 6.08. The summed E-state index contributed by atoms with van der Waals surface area (Å²) in [6.07, 6.45) is 3.45. The Morgan fingerprint density at radius 3 is 2.38 bits per heavy atom. The Bertz CT molecular complexity index is 934. The van der Waals surface area contributed by atoms with Gasteiger partial charge in [-0.2, -0.15) is 0 Å². The van der Waals surface area contributed by atoms with Crippen LogP contribution in [0.1, 0.15) is 44.4 Å². The minimum Gasteiger partial charge on any atom is -0.497 e. The molecular weight excluding hydrogens is 462 g/mol. The van der Waals surface area contributed by atoms with Crippen molar-refractivity contribution in [2.45, 2.75) is 38.8 Å². The summed E-state index contributed by atoms with van der Waals surface area (Å²) in [7, 11) is 2.96. The lowest BCUT2D eigenvalue weighted by atomic mass is 10.0. The molecule has 1 heterocycles. The summed E-state index contributed by atoms with van der Waals surface area (Å²) < 4.78 is 18.7. The van der Waals surface area contributed by atoms with E-state index >= 15 is 0 Å². The Hall–Kier alpha value is -2.14. The molecule has 0 bridgehead atoms. The molecule has 1 aliphatic rings. The number of ether oxygens (including phenoxy) is 2. The second-order valence-corrected chi connectivity index (χ2v) is 9.02. The Balaban J connectivity index is 0.00000149. The highest BCUT2D eigenvalue weighted by atomic mass is 79.9. The van der Waals surface area contributed by atoms with E-state index in [9.17, 15) is 0 Å². The Morgan fingerprint density at radius 2 is 1.69 bits per heavy atom. The molecule has 1 unspecified atom stereocenters. The molecule has 0 aliphatic carbocycles. The predicted molar refractivity (Wildman–Crippen MR) is 136 cm³/mol. The summed E-state index contributed by atoms with van der Waals surface area (Å²) in [5.74, 6) is 0.913. The lowest BCUT2D eigenvalue weighted by molar-refractivity contribution is 0.0381. The van der Waals surface area contributed by atoms with Gasteiger partial charge < -0.3 is 9.47 Å². The number of hydrogen-bond acceptors (Lipinski definition) is 3. The molecule has 0 radical (unpaired) electrons. The summed E-state index contributed by atoms with van der Waals surface area (Å²) >= 11 is 3.54. The molecule has 0 spiro atoms. The normalized spacial score (nSPS) is 17.2. The number of benzene rings is 3. The Kier molecular flexibility index (Phi) is 8.78. The molecule has 170 valence electrons. The first-order valence-electron chi connectivity index (χ1n) is 12.0. The van der Waals surface area contributed by atoms with Crippen LogP contribution in [0.5, 0.6) is 5.75 Å². The minimum atomic E-state index is -0.0432. The number of rotatable bonds is 9. The number of nitrogens with zero attached hydrogens (tertiary/aromatic N) is 1. The van der Waals surface area contributed by atoms with Gasteiger partial charge in [-0.05, 0) is 66.8 Å². The summed E-state index contributed by atoms with van der Waals surface area (Å²) in [5.41, 5.74) is 3.74. The van der Waals surface area contributed by atoms with E-state index in [1.54, 1.807) is 7.11 Å². The second-order valence-electron chi connectivity index (χ2n) is 8.11. The highest BCUT2D eigenvalue weighted by Gasteiger charge is 2.26. The molecule has 4 rings (SSSR count).